The van der Waals surface area contributed by atoms with Crippen molar-refractivity contribution < 1.29 is 0 Å². The maximum atomic E-state index is 5.97. The molecule has 1 aromatic heterocycles. The van der Waals surface area contributed by atoms with Gasteiger partial charge in [0.2, 0.25) is 0 Å². The van der Waals surface area contributed by atoms with Crippen LogP contribution in [-0.2, 0) is 12.8 Å². The molecule has 3 heteroatoms. The summed E-state index contributed by atoms with van der Waals surface area (Å²) in [5.74, 6) is 0. The number of halogens is 1. The molecule has 2 nitrogen and oxygen atoms in total. The lowest BCUT2D eigenvalue weighted by Crippen LogP contribution is -2.07. The molecule has 14 heavy (non-hydrogen) atoms. The van der Waals surface area contributed by atoms with Crippen molar-refractivity contribution in [3.8, 4) is 0 Å². The van der Waals surface area contributed by atoms with Crippen molar-refractivity contribution in [2.75, 3.05) is 0 Å². The summed E-state index contributed by atoms with van der Waals surface area (Å²) < 4.78 is 0. The third kappa shape index (κ3) is 1.90. The summed E-state index contributed by atoms with van der Waals surface area (Å²) in [6, 6.07) is 0. The minimum atomic E-state index is 0.573. The van der Waals surface area contributed by atoms with E-state index in [2.05, 4.69) is 17.1 Å². The molecule has 0 fully saturated rings. The number of aryl methyl sites for hydroxylation is 1. The van der Waals surface area contributed by atoms with Crippen LogP contribution < -0.4 is 0 Å². The third-order valence-electron chi connectivity index (χ3n) is 2.96. The lowest BCUT2D eigenvalue weighted by Gasteiger charge is -2.14. The van der Waals surface area contributed by atoms with Gasteiger partial charge in [-0.25, -0.2) is 0 Å². The zero-order valence-corrected chi connectivity index (χ0v) is 9.27. The van der Waals surface area contributed by atoms with Gasteiger partial charge in [-0.15, -0.1) is 5.10 Å². The van der Waals surface area contributed by atoms with Crippen LogP contribution in [0, 0.1) is 6.92 Å². The number of hydrogen-bond acceptors (Lipinski definition) is 2. The molecule has 2 rings (SSSR count). The lowest BCUT2D eigenvalue weighted by atomic mass is 9.95. The van der Waals surface area contributed by atoms with Crippen LogP contribution in [0.25, 0.3) is 0 Å². The van der Waals surface area contributed by atoms with Crippen LogP contribution in [0.1, 0.15) is 42.5 Å². The lowest BCUT2D eigenvalue weighted by molar-refractivity contribution is 0.601. The maximum absolute atomic E-state index is 5.97. The Labute approximate surface area is 89.7 Å². The van der Waals surface area contributed by atoms with Crippen molar-refractivity contribution in [2.45, 2.75) is 45.4 Å². The van der Waals surface area contributed by atoms with E-state index in [1.54, 1.807) is 0 Å². The average molecular weight is 211 g/mol. The van der Waals surface area contributed by atoms with E-state index in [1.807, 2.05) is 0 Å². The minimum Gasteiger partial charge on any atom is -0.154 e. The Balaban J connectivity index is 2.39. The summed E-state index contributed by atoms with van der Waals surface area (Å²) in [6.45, 7) is 2.05. The van der Waals surface area contributed by atoms with E-state index >= 15 is 0 Å². The van der Waals surface area contributed by atoms with E-state index in [0.29, 0.717) is 5.15 Å². The topological polar surface area (TPSA) is 25.8 Å². The predicted octanol–water partition coefficient (Wildman–Crippen LogP) is 3.10. The summed E-state index contributed by atoms with van der Waals surface area (Å²) in [7, 11) is 0. The number of fused-ring (bicyclic) bond motifs is 1. The van der Waals surface area contributed by atoms with Gasteiger partial charge in [-0.2, -0.15) is 5.10 Å². The molecule has 0 aromatic carbocycles. The molecule has 0 spiro atoms. The van der Waals surface area contributed by atoms with E-state index in [0.717, 1.165) is 18.4 Å². The molecule has 0 radical (unpaired) electrons. The van der Waals surface area contributed by atoms with Crippen LogP contribution in [0.3, 0.4) is 0 Å². The summed E-state index contributed by atoms with van der Waals surface area (Å²) in [4.78, 5) is 0. The van der Waals surface area contributed by atoms with Gasteiger partial charge in [-0.1, -0.05) is 24.4 Å². The van der Waals surface area contributed by atoms with Crippen molar-refractivity contribution >= 4 is 11.6 Å². The van der Waals surface area contributed by atoms with E-state index in [1.165, 1.54) is 36.9 Å². The first-order valence-corrected chi connectivity index (χ1v) is 5.67. The highest BCUT2D eigenvalue weighted by Crippen LogP contribution is 2.24. The third-order valence-corrected chi connectivity index (χ3v) is 3.32. The van der Waals surface area contributed by atoms with Gasteiger partial charge in [0.25, 0.3) is 0 Å². The summed E-state index contributed by atoms with van der Waals surface area (Å²) in [6.07, 6.45) is 7.34. The molecule has 1 aliphatic carbocycles. The predicted molar refractivity (Wildman–Crippen MR) is 57.7 cm³/mol. The molecule has 0 saturated heterocycles. The molecule has 76 valence electrons. The summed E-state index contributed by atoms with van der Waals surface area (Å²) >= 11 is 5.97. The molecule has 1 aromatic rings. The second-order valence-electron chi connectivity index (χ2n) is 3.96. The average Bonchev–Trinajstić information content (AvgIpc) is 2.13. The van der Waals surface area contributed by atoms with Crippen LogP contribution in [-0.4, -0.2) is 10.2 Å². The van der Waals surface area contributed by atoms with Crippen LogP contribution in [0.4, 0.5) is 0 Å². The standard InChI is InChI=1S/C11H15ClN2/c1-8-9-6-4-2-3-5-7-10(9)13-14-11(8)12/h2-7H2,1H3. The van der Waals surface area contributed by atoms with E-state index in [9.17, 15) is 0 Å². The molecule has 0 aliphatic heterocycles. The van der Waals surface area contributed by atoms with Gasteiger partial charge in [0, 0.05) is 0 Å². The van der Waals surface area contributed by atoms with Crippen molar-refractivity contribution in [1.82, 2.24) is 10.2 Å². The van der Waals surface area contributed by atoms with Crippen molar-refractivity contribution in [3.05, 3.63) is 22.0 Å². The molecule has 0 atom stereocenters. The van der Waals surface area contributed by atoms with Crippen LogP contribution >= 0.6 is 11.6 Å². The second-order valence-corrected chi connectivity index (χ2v) is 4.31. The molecular weight excluding hydrogens is 196 g/mol. The van der Waals surface area contributed by atoms with Crippen molar-refractivity contribution in [3.63, 3.8) is 0 Å². The van der Waals surface area contributed by atoms with Crippen LogP contribution in [0.15, 0.2) is 0 Å². The molecule has 1 heterocycles. The van der Waals surface area contributed by atoms with Gasteiger partial charge in [-0.05, 0) is 43.7 Å². The zero-order valence-electron chi connectivity index (χ0n) is 8.52. The molecule has 0 saturated carbocycles. The molecule has 0 amide bonds. The Morgan fingerprint density at radius 1 is 1.00 bits per heavy atom. The minimum absolute atomic E-state index is 0.573. The zero-order chi connectivity index (χ0) is 9.97. The summed E-state index contributed by atoms with van der Waals surface area (Å²) in [5.41, 5.74) is 3.66. The second kappa shape index (κ2) is 4.26. The molecule has 1 aliphatic rings. The highest BCUT2D eigenvalue weighted by Gasteiger charge is 2.13. The number of rotatable bonds is 0. The van der Waals surface area contributed by atoms with E-state index < -0.39 is 0 Å². The fraction of sp³-hybridized carbons (Fsp3) is 0.636. The van der Waals surface area contributed by atoms with Gasteiger partial charge in [0.05, 0.1) is 5.69 Å². The van der Waals surface area contributed by atoms with E-state index in [4.69, 9.17) is 11.6 Å². The fourth-order valence-electron chi connectivity index (χ4n) is 2.06. The van der Waals surface area contributed by atoms with Gasteiger partial charge in [-0.3, -0.25) is 0 Å². The van der Waals surface area contributed by atoms with E-state index in [-0.39, 0.29) is 0 Å². The molecular formula is C11H15ClN2. The highest BCUT2D eigenvalue weighted by molar-refractivity contribution is 6.30. The number of nitrogens with zero attached hydrogens (tertiary/aromatic N) is 2. The van der Waals surface area contributed by atoms with Gasteiger partial charge in [0.1, 0.15) is 0 Å². The SMILES string of the molecule is Cc1c(Cl)nnc2c1CCCCCC2. The van der Waals surface area contributed by atoms with Gasteiger partial charge >= 0.3 is 0 Å². The van der Waals surface area contributed by atoms with Crippen molar-refractivity contribution in [1.29, 1.82) is 0 Å². The number of hydrogen-bond donors (Lipinski definition) is 0. The van der Waals surface area contributed by atoms with Crippen LogP contribution in [0.2, 0.25) is 5.15 Å². The Morgan fingerprint density at radius 3 is 2.50 bits per heavy atom. The first-order valence-electron chi connectivity index (χ1n) is 5.29. The summed E-state index contributed by atoms with van der Waals surface area (Å²) in [5, 5.41) is 8.75. The Hall–Kier alpha value is -0.630. The smallest absolute Gasteiger partial charge is 0.154 e. The Morgan fingerprint density at radius 2 is 1.71 bits per heavy atom. The quantitative estimate of drug-likeness (QED) is 0.658. The van der Waals surface area contributed by atoms with Gasteiger partial charge in [0.15, 0.2) is 5.15 Å². The van der Waals surface area contributed by atoms with Crippen molar-refractivity contribution in [2.24, 2.45) is 0 Å². The normalized spacial score (nSPS) is 17.0. The highest BCUT2D eigenvalue weighted by atomic mass is 35.5. The molecule has 0 N–H and O–H groups in total. The first kappa shape index (κ1) is 9.91. The Kier molecular flexibility index (Phi) is 3.02. The first-order chi connectivity index (χ1) is 6.79. The molecule has 0 bridgehead atoms. The van der Waals surface area contributed by atoms with Crippen LogP contribution in [0.5, 0.6) is 0 Å². The maximum Gasteiger partial charge on any atom is 0.154 e. The Bertz CT molecular complexity index is 336. The molecule has 0 unspecified atom stereocenters. The fourth-order valence-corrected chi connectivity index (χ4v) is 2.21. The largest absolute Gasteiger partial charge is 0.154 e. The monoisotopic (exact) mass is 210 g/mol. The number of aromatic nitrogens is 2. The van der Waals surface area contributed by atoms with Gasteiger partial charge < -0.3 is 0 Å².